The largest absolute Gasteiger partial charge is 0.508 e. The van der Waals surface area contributed by atoms with E-state index in [9.17, 15) is 23.4 Å². The first kappa shape index (κ1) is 15.9. The standard InChI is InChI=1S/C17H13F3N2O2/c1-2-8-22-16(11-7-6-10(23)9-14(11)24)12-4-3-5-13(15(12)21-22)17(18,19)20/h2-7,9,23-24H,1,8H2. The number of hydrogen-bond donors (Lipinski definition) is 2. The molecule has 0 aliphatic rings. The van der Waals surface area contributed by atoms with Crippen LogP contribution in [0.25, 0.3) is 22.2 Å². The minimum absolute atomic E-state index is 0.147. The molecule has 0 aliphatic heterocycles. The van der Waals surface area contributed by atoms with Crippen molar-refractivity contribution in [3.05, 3.63) is 54.6 Å². The highest BCUT2D eigenvalue weighted by Crippen LogP contribution is 2.40. The van der Waals surface area contributed by atoms with E-state index < -0.39 is 11.7 Å². The smallest absolute Gasteiger partial charge is 0.418 e. The van der Waals surface area contributed by atoms with Crippen molar-refractivity contribution < 1.29 is 23.4 Å². The summed E-state index contributed by atoms with van der Waals surface area (Å²) in [4.78, 5) is 0. The van der Waals surface area contributed by atoms with Crippen LogP contribution in [0.2, 0.25) is 0 Å². The molecule has 124 valence electrons. The minimum atomic E-state index is -4.54. The quantitative estimate of drug-likeness (QED) is 0.701. The maximum absolute atomic E-state index is 13.2. The van der Waals surface area contributed by atoms with Gasteiger partial charge < -0.3 is 10.2 Å². The fourth-order valence-electron chi connectivity index (χ4n) is 2.64. The number of rotatable bonds is 3. The molecule has 4 nitrogen and oxygen atoms in total. The van der Waals surface area contributed by atoms with Gasteiger partial charge in [0.2, 0.25) is 0 Å². The molecule has 3 rings (SSSR count). The van der Waals surface area contributed by atoms with Crippen LogP contribution in [0.1, 0.15) is 5.56 Å². The van der Waals surface area contributed by atoms with Crippen molar-refractivity contribution in [2.75, 3.05) is 0 Å². The van der Waals surface area contributed by atoms with Crippen molar-refractivity contribution in [3.63, 3.8) is 0 Å². The Bertz CT molecular complexity index is 929. The van der Waals surface area contributed by atoms with Crippen LogP contribution in [-0.4, -0.2) is 20.0 Å². The van der Waals surface area contributed by atoms with E-state index in [0.29, 0.717) is 5.69 Å². The lowest BCUT2D eigenvalue weighted by atomic mass is 10.0. The SMILES string of the molecule is C=CCn1nc2c(C(F)(F)F)cccc2c1-c1ccc(O)cc1O. The number of benzene rings is 2. The first-order valence-electron chi connectivity index (χ1n) is 7.03. The highest BCUT2D eigenvalue weighted by atomic mass is 19.4. The average molecular weight is 334 g/mol. The van der Waals surface area contributed by atoms with Crippen molar-refractivity contribution in [2.24, 2.45) is 0 Å². The van der Waals surface area contributed by atoms with Crippen LogP contribution < -0.4 is 0 Å². The second kappa shape index (κ2) is 5.59. The summed E-state index contributed by atoms with van der Waals surface area (Å²) < 4.78 is 41.0. The maximum Gasteiger partial charge on any atom is 0.418 e. The van der Waals surface area contributed by atoms with E-state index in [4.69, 9.17) is 0 Å². The van der Waals surface area contributed by atoms with E-state index in [1.165, 1.54) is 35.0 Å². The van der Waals surface area contributed by atoms with Gasteiger partial charge in [0.25, 0.3) is 0 Å². The first-order chi connectivity index (χ1) is 11.3. The number of nitrogens with zero attached hydrogens (tertiary/aromatic N) is 2. The van der Waals surface area contributed by atoms with Crippen molar-refractivity contribution >= 4 is 10.9 Å². The number of phenolic OH excluding ortho intramolecular Hbond substituents is 2. The molecule has 2 aromatic carbocycles. The van der Waals surface area contributed by atoms with Crippen LogP contribution in [0.3, 0.4) is 0 Å². The van der Waals surface area contributed by atoms with Crippen LogP contribution >= 0.6 is 0 Å². The molecular weight excluding hydrogens is 321 g/mol. The molecule has 0 spiro atoms. The van der Waals surface area contributed by atoms with Crippen molar-refractivity contribution in [1.82, 2.24) is 9.78 Å². The van der Waals surface area contributed by atoms with Gasteiger partial charge in [0.15, 0.2) is 0 Å². The molecule has 2 N–H and O–H groups in total. The molecule has 7 heteroatoms. The monoisotopic (exact) mass is 334 g/mol. The van der Waals surface area contributed by atoms with E-state index in [1.54, 1.807) is 0 Å². The molecule has 0 amide bonds. The number of aromatic hydroxyl groups is 2. The van der Waals surface area contributed by atoms with Crippen LogP contribution in [0.5, 0.6) is 11.5 Å². The predicted molar refractivity (Wildman–Crippen MR) is 83.7 cm³/mol. The van der Waals surface area contributed by atoms with Gasteiger partial charge in [-0.05, 0) is 18.2 Å². The molecule has 0 saturated carbocycles. The lowest BCUT2D eigenvalue weighted by molar-refractivity contribution is -0.136. The number of alkyl halides is 3. The number of aromatic nitrogens is 2. The minimum Gasteiger partial charge on any atom is -0.508 e. The Hall–Kier alpha value is -2.96. The maximum atomic E-state index is 13.2. The van der Waals surface area contributed by atoms with Gasteiger partial charge in [0, 0.05) is 17.0 Å². The number of hydrogen-bond acceptors (Lipinski definition) is 3. The van der Waals surface area contributed by atoms with Gasteiger partial charge >= 0.3 is 6.18 Å². The van der Waals surface area contributed by atoms with Crippen LogP contribution in [0, 0.1) is 0 Å². The van der Waals surface area contributed by atoms with E-state index >= 15 is 0 Å². The fourth-order valence-corrected chi connectivity index (χ4v) is 2.64. The molecule has 0 atom stereocenters. The van der Waals surface area contributed by atoms with Gasteiger partial charge in [0.1, 0.15) is 17.0 Å². The Morgan fingerprint density at radius 2 is 1.92 bits per heavy atom. The predicted octanol–water partition coefficient (Wildman–Crippen LogP) is 4.32. The van der Waals surface area contributed by atoms with Crippen LogP contribution in [0.15, 0.2) is 49.1 Å². The zero-order valence-corrected chi connectivity index (χ0v) is 12.4. The highest BCUT2D eigenvalue weighted by Gasteiger charge is 2.34. The van der Waals surface area contributed by atoms with Crippen molar-refractivity contribution in [2.45, 2.75) is 12.7 Å². The Labute approximate surface area is 135 Å². The van der Waals surface area contributed by atoms with E-state index in [-0.39, 0.29) is 34.5 Å². The van der Waals surface area contributed by atoms with E-state index in [1.807, 2.05) is 0 Å². The highest BCUT2D eigenvalue weighted by molar-refractivity contribution is 5.96. The van der Waals surface area contributed by atoms with Gasteiger partial charge in [0.05, 0.1) is 17.8 Å². The topological polar surface area (TPSA) is 58.3 Å². The molecule has 1 heterocycles. The first-order valence-corrected chi connectivity index (χ1v) is 7.03. The van der Waals surface area contributed by atoms with E-state index in [0.717, 1.165) is 12.1 Å². The summed E-state index contributed by atoms with van der Waals surface area (Å²) in [6.07, 6.45) is -3.04. The third-order valence-electron chi connectivity index (χ3n) is 3.61. The van der Waals surface area contributed by atoms with Gasteiger partial charge in [-0.15, -0.1) is 6.58 Å². The lowest BCUT2D eigenvalue weighted by Gasteiger charge is -2.08. The van der Waals surface area contributed by atoms with Gasteiger partial charge in [-0.1, -0.05) is 18.2 Å². The van der Waals surface area contributed by atoms with Crippen LogP contribution in [-0.2, 0) is 12.7 Å². The third-order valence-corrected chi connectivity index (χ3v) is 3.61. The molecule has 0 fully saturated rings. The number of fused-ring (bicyclic) bond motifs is 1. The number of phenols is 2. The summed E-state index contributed by atoms with van der Waals surface area (Å²) in [5.74, 6) is -0.397. The Kier molecular flexibility index (Phi) is 3.71. The summed E-state index contributed by atoms with van der Waals surface area (Å²) in [5.41, 5.74) is -0.443. The zero-order valence-electron chi connectivity index (χ0n) is 12.4. The molecule has 0 saturated heterocycles. The zero-order chi connectivity index (χ0) is 17.5. The van der Waals surface area contributed by atoms with Crippen LogP contribution in [0.4, 0.5) is 13.2 Å². The Morgan fingerprint density at radius 3 is 2.54 bits per heavy atom. The summed E-state index contributed by atoms with van der Waals surface area (Å²) >= 11 is 0. The normalized spacial score (nSPS) is 11.8. The number of halogens is 3. The third kappa shape index (κ3) is 2.58. The second-order valence-corrected chi connectivity index (χ2v) is 5.22. The molecule has 0 bridgehead atoms. The van der Waals surface area contributed by atoms with Gasteiger partial charge in [-0.25, -0.2) is 0 Å². The Balaban J connectivity index is 2.37. The number of allylic oxidation sites excluding steroid dienone is 1. The van der Waals surface area contributed by atoms with Crippen molar-refractivity contribution in [3.8, 4) is 22.8 Å². The van der Waals surface area contributed by atoms with Gasteiger partial charge in [-0.2, -0.15) is 18.3 Å². The molecule has 0 aliphatic carbocycles. The molecule has 1 aromatic heterocycles. The summed E-state index contributed by atoms with van der Waals surface area (Å²) in [7, 11) is 0. The summed E-state index contributed by atoms with van der Waals surface area (Å²) in [6.45, 7) is 3.75. The van der Waals surface area contributed by atoms with E-state index in [2.05, 4.69) is 11.7 Å². The lowest BCUT2D eigenvalue weighted by Crippen LogP contribution is -2.06. The molecular formula is C17H13F3N2O2. The van der Waals surface area contributed by atoms with Crippen molar-refractivity contribution in [1.29, 1.82) is 0 Å². The molecule has 3 aromatic rings. The summed E-state index contributed by atoms with van der Waals surface area (Å²) in [5, 5.41) is 23.8. The fraction of sp³-hybridized carbons (Fsp3) is 0.118. The molecule has 24 heavy (non-hydrogen) atoms. The molecule has 0 radical (unpaired) electrons. The Morgan fingerprint density at radius 1 is 1.17 bits per heavy atom. The second-order valence-electron chi connectivity index (χ2n) is 5.22. The van der Waals surface area contributed by atoms with Gasteiger partial charge in [-0.3, -0.25) is 4.68 Å². The average Bonchev–Trinajstić information content (AvgIpc) is 2.84. The summed E-state index contributed by atoms with van der Waals surface area (Å²) in [6, 6.07) is 7.68. The molecule has 0 unspecified atom stereocenters.